The lowest BCUT2D eigenvalue weighted by atomic mass is 10.0. The molecule has 1 amide bonds. The summed E-state index contributed by atoms with van der Waals surface area (Å²) in [7, 11) is 1.60. The molecule has 0 spiro atoms. The largest absolute Gasteiger partial charge is 0.497 e. The van der Waals surface area contributed by atoms with E-state index in [0.29, 0.717) is 11.3 Å². The molecule has 25 heavy (non-hydrogen) atoms. The van der Waals surface area contributed by atoms with Crippen molar-refractivity contribution in [3.63, 3.8) is 0 Å². The first-order valence-electron chi connectivity index (χ1n) is 8.56. The highest BCUT2D eigenvalue weighted by atomic mass is 79.9. The van der Waals surface area contributed by atoms with Crippen molar-refractivity contribution in [1.82, 2.24) is 10.2 Å². The van der Waals surface area contributed by atoms with Gasteiger partial charge in [0.2, 0.25) is 0 Å². The van der Waals surface area contributed by atoms with Gasteiger partial charge in [0.05, 0.1) is 12.7 Å². The fourth-order valence-electron chi connectivity index (χ4n) is 3.23. The summed E-state index contributed by atoms with van der Waals surface area (Å²) in [6.45, 7) is 2.88. The minimum absolute atomic E-state index is 0.0580. The summed E-state index contributed by atoms with van der Waals surface area (Å²) in [5.41, 5.74) is 1.92. The molecule has 0 aromatic heterocycles. The van der Waals surface area contributed by atoms with Crippen molar-refractivity contribution in [2.45, 2.75) is 25.4 Å². The first-order chi connectivity index (χ1) is 12.2. The van der Waals surface area contributed by atoms with Crippen molar-refractivity contribution in [3.05, 3.63) is 64.1 Å². The van der Waals surface area contributed by atoms with Crippen molar-refractivity contribution in [2.24, 2.45) is 0 Å². The summed E-state index contributed by atoms with van der Waals surface area (Å²) in [4.78, 5) is 15.1. The molecule has 1 atom stereocenters. The average molecular weight is 403 g/mol. The van der Waals surface area contributed by atoms with Crippen molar-refractivity contribution >= 4 is 21.8 Å². The van der Waals surface area contributed by atoms with Gasteiger partial charge < -0.3 is 10.1 Å². The minimum atomic E-state index is -0.0580. The molecule has 132 valence electrons. The average Bonchev–Trinajstić information content (AvgIpc) is 2.63. The van der Waals surface area contributed by atoms with E-state index >= 15 is 0 Å². The molecule has 0 radical (unpaired) electrons. The molecular formula is C20H23BrN2O2. The maximum Gasteiger partial charge on any atom is 0.252 e. The minimum Gasteiger partial charge on any atom is -0.497 e. The highest BCUT2D eigenvalue weighted by molar-refractivity contribution is 9.10. The number of carbonyl (C=O) groups is 1. The topological polar surface area (TPSA) is 41.6 Å². The number of amides is 1. The van der Waals surface area contributed by atoms with E-state index in [1.807, 2.05) is 18.2 Å². The van der Waals surface area contributed by atoms with Crippen LogP contribution in [0.25, 0.3) is 0 Å². The number of rotatable bonds is 5. The molecule has 5 heteroatoms. The third-order valence-electron chi connectivity index (χ3n) is 4.51. The maximum atomic E-state index is 12.7. The molecular weight excluding hydrogens is 380 g/mol. The van der Waals surface area contributed by atoms with Gasteiger partial charge in [-0.15, -0.1) is 0 Å². The predicted octanol–water partition coefficient (Wildman–Crippen LogP) is 3.85. The summed E-state index contributed by atoms with van der Waals surface area (Å²) in [6, 6.07) is 16.1. The zero-order chi connectivity index (χ0) is 17.6. The van der Waals surface area contributed by atoms with Crippen LogP contribution >= 0.6 is 15.9 Å². The number of ether oxygens (including phenoxy) is 1. The molecule has 1 N–H and O–H groups in total. The summed E-state index contributed by atoms with van der Waals surface area (Å²) >= 11 is 3.45. The molecule has 0 saturated carbocycles. The van der Waals surface area contributed by atoms with Crippen LogP contribution in [0.3, 0.4) is 0 Å². The van der Waals surface area contributed by atoms with E-state index in [-0.39, 0.29) is 11.9 Å². The molecule has 2 aromatic rings. The van der Waals surface area contributed by atoms with E-state index in [1.54, 1.807) is 13.2 Å². The second-order valence-corrected chi connectivity index (χ2v) is 7.23. The monoisotopic (exact) mass is 402 g/mol. The van der Waals surface area contributed by atoms with Gasteiger partial charge in [-0.25, -0.2) is 0 Å². The fraction of sp³-hybridized carbons (Fsp3) is 0.350. The summed E-state index contributed by atoms with van der Waals surface area (Å²) in [5, 5.41) is 3.18. The van der Waals surface area contributed by atoms with E-state index in [9.17, 15) is 4.79 Å². The number of methoxy groups -OCH3 is 1. The van der Waals surface area contributed by atoms with E-state index in [1.165, 1.54) is 5.56 Å². The van der Waals surface area contributed by atoms with Crippen LogP contribution in [0, 0.1) is 0 Å². The number of hydrogen-bond acceptors (Lipinski definition) is 3. The van der Waals surface area contributed by atoms with Gasteiger partial charge in [0, 0.05) is 23.6 Å². The number of hydrogen-bond donors (Lipinski definition) is 1. The van der Waals surface area contributed by atoms with Gasteiger partial charge in [-0.1, -0.05) is 30.3 Å². The van der Waals surface area contributed by atoms with Crippen molar-refractivity contribution < 1.29 is 9.53 Å². The number of halogens is 1. The number of carbonyl (C=O) groups excluding carboxylic acids is 1. The van der Waals surface area contributed by atoms with Gasteiger partial charge in [-0.3, -0.25) is 9.69 Å². The molecule has 1 aliphatic rings. The van der Waals surface area contributed by atoms with Crippen molar-refractivity contribution in [1.29, 1.82) is 0 Å². The van der Waals surface area contributed by atoms with E-state index in [4.69, 9.17) is 4.74 Å². The smallest absolute Gasteiger partial charge is 0.252 e. The number of nitrogens with one attached hydrogen (secondary N) is 1. The van der Waals surface area contributed by atoms with Crippen LogP contribution in [-0.4, -0.2) is 37.0 Å². The standard InChI is InChI=1S/C20H23BrN2O2/c1-25-17-9-10-19(21)18(12-17)20(24)22-16-8-5-11-23(14-16)13-15-6-3-2-4-7-15/h2-4,6-7,9-10,12,16H,5,8,11,13-14H2,1H3,(H,22,24). The first kappa shape index (κ1) is 18.0. The lowest BCUT2D eigenvalue weighted by Crippen LogP contribution is -2.47. The summed E-state index contributed by atoms with van der Waals surface area (Å²) in [6.07, 6.45) is 2.11. The van der Waals surface area contributed by atoms with Gasteiger partial charge in [0.25, 0.3) is 5.91 Å². The van der Waals surface area contributed by atoms with Crippen molar-refractivity contribution in [2.75, 3.05) is 20.2 Å². The Bertz CT molecular complexity index is 721. The zero-order valence-corrected chi connectivity index (χ0v) is 16.0. The predicted molar refractivity (Wildman–Crippen MR) is 103 cm³/mol. The van der Waals surface area contributed by atoms with Crippen LogP contribution in [0.5, 0.6) is 5.75 Å². The highest BCUT2D eigenvalue weighted by Gasteiger charge is 2.22. The molecule has 0 aliphatic carbocycles. The normalized spacial score (nSPS) is 17.9. The van der Waals surface area contributed by atoms with Crippen LogP contribution in [0.1, 0.15) is 28.8 Å². The van der Waals surface area contributed by atoms with Gasteiger partial charge in [-0.05, 0) is 59.1 Å². The second-order valence-electron chi connectivity index (χ2n) is 6.38. The number of likely N-dealkylation sites (tertiary alicyclic amines) is 1. The molecule has 4 nitrogen and oxygen atoms in total. The summed E-state index contributed by atoms with van der Waals surface area (Å²) in [5.74, 6) is 0.625. The van der Waals surface area contributed by atoms with Crippen LogP contribution in [0.2, 0.25) is 0 Å². The lowest BCUT2D eigenvalue weighted by molar-refractivity contribution is 0.0899. The van der Waals surface area contributed by atoms with Gasteiger partial charge in [0.1, 0.15) is 5.75 Å². The number of piperidine rings is 1. The van der Waals surface area contributed by atoms with Gasteiger partial charge in [-0.2, -0.15) is 0 Å². The third kappa shape index (κ3) is 4.83. The molecule has 1 saturated heterocycles. The Kier molecular flexibility index (Phi) is 6.10. The molecule has 0 bridgehead atoms. The Balaban J connectivity index is 1.61. The zero-order valence-electron chi connectivity index (χ0n) is 14.4. The van der Waals surface area contributed by atoms with Gasteiger partial charge in [0.15, 0.2) is 0 Å². The molecule has 2 aromatic carbocycles. The van der Waals surface area contributed by atoms with Crippen molar-refractivity contribution in [3.8, 4) is 5.75 Å². The Labute approximate surface area is 157 Å². The van der Waals surface area contributed by atoms with E-state index in [2.05, 4.69) is 50.4 Å². The molecule has 1 heterocycles. The van der Waals surface area contributed by atoms with Crippen LogP contribution in [-0.2, 0) is 6.54 Å². The Morgan fingerprint density at radius 2 is 2.08 bits per heavy atom. The molecule has 1 fully saturated rings. The number of nitrogens with zero attached hydrogens (tertiary/aromatic N) is 1. The fourth-order valence-corrected chi connectivity index (χ4v) is 3.65. The van der Waals surface area contributed by atoms with E-state index in [0.717, 1.165) is 36.9 Å². The highest BCUT2D eigenvalue weighted by Crippen LogP contribution is 2.23. The van der Waals surface area contributed by atoms with Crippen LogP contribution < -0.4 is 10.1 Å². The number of benzene rings is 2. The Morgan fingerprint density at radius 1 is 1.28 bits per heavy atom. The Hall–Kier alpha value is -1.85. The SMILES string of the molecule is COc1ccc(Br)c(C(=O)NC2CCCN(Cc3ccccc3)C2)c1. The molecule has 3 rings (SSSR count). The lowest BCUT2D eigenvalue weighted by Gasteiger charge is -2.33. The maximum absolute atomic E-state index is 12.7. The second kappa shape index (κ2) is 8.50. The quantitative estimate of drug-likeness (QED) is 0.825. The van der Waals surface area contributed by atoms with Gasteiger partial charge >= 0.3 is 0 Å². The molecule has 1 aliphatic heterocycles. The summed E-state index contributed by atoms with van der Waals surface area (Å²) < 4.78 is 6.00. The van der Waals surface area contributed by atoms with Crippen LogP contribution in [0.4, 0.5) is 0 Å². The first-order valence-corrected chi connectivity index (χ1v) is 9.35. The van der Waals surface area contributed by atoms with Crippen LogP contribution in [0.15, 0.2) is 53.0 Å². The third-order valence-corrected chi connectivity index (χ3v) is 5.20. The van der Waals surface area contributed by atoms with E-state index < -0.39 is 0 Å². The molecule has 1 unspecified atom stereocenters. The Morgan fingerprint density at radius 3 is 2.84 bits per heavy atom.